The predicted molar refractivity (Wildman–Crippen MR) is 107 cm³/mol. The summed E-state index contributed by atoms with van der Waals surface area (Å²) in [4.78, 5) is 13.9. The highest BCUT2D eigenvalue weighted by atomic mass is 35.5. The average Bonchev–Trinajstić information content (AvgIpc) is 3.04. The number of aromatic nitrogens is 2. The Bertz CT molecular complexity index is 753. The molecular formula is C17H19ClN4OS2. The van der Waals surface area contributed by atoms with E-state index in [9.17, 15) is 4.79 Å². The highest BCUT2D eigenvalue weighted by Crippen LogP contribution is 2.30. The van der Waals surface area contributed by atoms with Crippen molar-refractivity contribution in [1.82, 2.24) is 15.1 Å². The van der Waals surface area contributed by atoms with Gasteiger partial charge in [-0.2, -0.15) is 0 Å². The third-order valence-corrected chi connectivity index (χ3v) is 5.65. The first-order valence-electron chi connectivity index (χ1n) is 7.53. The lowest BCUT2D eigenvalue weighted by Gasteiger charge is -2.18. The van der Waals surface area contributed by atoms with Gasteiger partial charge in [0.25, 0.3) is 0 Å². The van der Waals surface area contributed by atoms with Gasteiger partial charge in [-0.15, -0.1) is 23.4 Å². The summed E-state index contributed by atoms with van der Waals surface area (Å²) < 4.78 is 0.729. The fraction of sp³-hybridized carbons (Fsp3) is 0.235. The van der Waals surface area contributed by atoms with Crippen molar-refractivity contribution >= 4 is 51.4 Å². The number of hydrogen-bond acceptors (Lipinski definition) is 6. The van der Waals surface area contributed by atoms with Gasteiger partial charge in [-0.05, 0) is 24.6 Å². The number of hydrogen-bond donors (Lipinski definition) is 1. The van der Waals surface area contributed by atoms with E-state index in [1.807, 2.05) is 25.1 Å². The van der Waals surface area contributed by atoms with E-state index in [-0.39, 0.29) is 5.91 Å². The predicted octanol–water partition coefficient (Wildman–Crippen LogP) is 4.54. The van der Waals surface area contributed by atoms with Crippen LogP contribution in [0.2, 0.25) is 5.02 Å². The van der Waals surface area contributed by atoms with Gasteiger partial charge in [0.15, 0.2) is 4.34 Å². The summed E-state index contributed by atoms with van der Waals surface area (Å²) in [6.07, 6.45) is 3.40. The molecule has 2 aromatic rings. The Morgan fingerprint density at radius 2 is 2.08 bits per heavy atom. The van der Waals surface area contributed by atoms with Crippen LogP contribution in [0.1, 0.15) is 5.56 Å². The molecule has 1 aromatic carbocycles. The van der Waals surface area contributed by atoms with Crippen molar-refractivity contribution in [2.45, 2.75) is 11.3 Å². The van der Waals surface area contributed by atoms with E-state index < -0.39 is 0 Å². The number of nitrogens with one attached hydrogen (secondary N) is 1. The summed E-state index contributed by atoms with van der Waals surface area (Å²) in [5, 5.41) is 12.8. The van der Waals surface area contributed by atoms with Crippen LogP contribution >= 0.6 is 34.7 Å². The Morgan fingerprint density at radius 1 is 1.36 bits per heavy atom. The lowest BCUT2D eigenvalue weighted by atomic mass is 10.2. The lowest BCUT2D eigenvalue weighted by Crippen LogP contribution is -2.32. The number of rotatable bonds is 9. The topological polar surface area (TPSA) is 58.1 Å². The van der Waals surface area contributed by atoms with Crippen molar-refractivity contribution in [2.24, 2.45) is 0 Å². The van der Waals surface area contributed by atoms with Gasteiger partial charge in [0, 0.05) is 23.8 Å². The second-order valence-electron chi connectivity index (χ2n) is 5.08. The van der Waals surface area contributed by atoms with Crippen molar-refractivity contribution in [3.63, 3.8) is 0 Å². The summed E-state index contributed by atoms with van der Waals surface area (Å²) in [6.45, 7) is 10.3. The molecule has 1 N–H and O–H groups in total. The van der Waals surface area contributed by atoms with Gasteiger partial charge in [-0.25, -0.2) is 0 Å². The van der Waals surface area contributed by atoms with E-state index in [1.54, 1.807) is 17.1 Å². The van der Waals surface area contributed by atoms with Gasteiger partial charge in [0.2, 0.25) is 11.0 Å². The largest absolute Gasteiger partial charge is 0.335 e. The minimum atomic E-state index is 0.0141. The van der Waals surface area contributed by atoms with E-state index >= 15 is 0 Å². The first kappa shape index (κ1) is 19.5. The molecule has 0 fully saturated rings. The Labute approximate surface area is 160 Å². The average molecular weight is 395 g/mol. The summed E-state index contributed by atoms with van der Waals surface area (Å²) in [5.41, 5.74) is 1.84. The summed E-state index contributed by atoms with van der Waals surface area (Å²) in [7, 11) is 0. The van der Waals surface area contributed by atoms with Crippen molar-refractivity contribution < 1.29 is 4.79 Å². The Hall–Kier alpha value is -1.83. The number of halogens is 1. The standard InChI is InChI=1S/C17H19ClN4OS2/c1-4-9-22(10-5-2)15(23)11-24-17-21-20-16(25-17)19-14-8-6-7-13(18)12(14)3/h4-8H,1-2,9-11H2,3H3,(H,19,20). The zero-order valence-electron chi connectivity index (χ0n) is 13.9. The zero-order valence-corrected chi connectivity index (χ0v) is 16.3. The Morgan fingerprint density at radius 3 is 2.76 bits per heavy atom. The normalized spacial score (nSPS) is 10.3. The summed E-state index contributed by atoms with van der Waals surface area (Å²) >= 11 is 8.88. The molecule has 0 saturated carbocycles. The molecule has 25 heavy (non-hydrogen) atoms. The maximum Gasteiger partial charge on any atom is 0.233 e. The van der Waals surface area contributed by atoms with Gasteiger partial charge in [-0.1, -0.05) is 52.9 Å². The lowest BCUT2D eigenvalue weighted by molar-refractivity contribution is -0.127. The Kier molecular flexibility index (Phi) is 7.49. The molecule has 0 unspecified atom stereocenters. The summed E-state index contributed by atoms with van der Waals surface area (Å²) in [5.74, 6) is 0.312. The Balaban J connectivity index is 1.95. The van der Waals surface area contributed by atoms with Gasteiger partial charge >= 0.3 is 0 Å². The van der Waals surface area contributed by atoms with Gasteiger partial charge in [-0.3, -0.25) is 4.79 Å². The first-order valence-corrected chi connectivity index (χ1v) is 9.71. The first-order chi connectivity index (χ1) is 12.0. The monoisotopic (exact) mass is 394 g/mol. The zero-order chi connectivity index (χ0) is 18.2. The fourth-order valence-corrected chi connectivity index (χ4v) is 3.82. The van der Waals surface area contributed by atoms with Crippen molar-refractivity contribution in [1.29, 1.82) is 0 Å². The number of amides is 1. The molecule has 8 heteroatoms. The minimum absolute atomic E-state index is 0.0141. The second-order valence-corrected chi connectivity index (χ2v) is 7.68. The number of anilines is 2. The molecular weight excluding hydrogens is 376 g/mol. The second kappa shape index (κ2) is 9.60. The van der Waals surface area contributed by atoms with E-state index in [0.717, 1.165) is 15.6 Å². The molecule has 0 radical (unpaired) electrons. The van der Waals surface area contributed by atoms with Gasteiger partial charge in [0.1, 0.15) is 0 Å². The molecule has 0 bridgehead atoms. The molecule has 0 atom stereocenters. The minimum Gasteiger partial charge on any atom is -0.335 e. The van der Waals surface area contributed by atoms with E-state index in [2.05, 4.69) is 28.7 Å². The molecule has 0 aliphatic rings. The molecule has 2 rings (SSSR count). The van der Waals surface area contributed by atoms with Crippen LogP contribution in [0.25, 0.3) is 0 Å². The molecule has 5 nitrogen and oxygen atoms in total. The van der Waals surface area contributed by atoms with Crippen molar-refractivity contribution in [3.05, 3.63) is 54.1 Å². The van der Waals surface area contributed by atoms with Crippen molar-refractivity contribution in [3.8, 4) is 0 Å². The van der Waals surface area contributed by atoms with Crippen LogP contribution in [0.5, 0.6) is 0 Å². The quantitative estimate of drug-likeness (QED) is 0.500. The van der Waals surface area contributed by atoms with Crippen LogP contribution in [0.4, 0.5) is 10.8 Å². The van der Waals surface area contributed by atoms with Gasteiger partial charge < -0.3 is 10.2 Å². The third kappa shape index (κ3) is 5.59. The number of nitrogens with zero attached hydrogens (tertiary/aromatic N) is 3. The van der Waals surface area contributed by atoms with Crippen molar-refractivity contribution in [2.75, 3.05) is 24.2 Å². The third-order valence-electron chi connectivity index (χ3n) is 3.29. The van der Waals surface area contributed by atoms with Crippen LogP contribution in [-0.2, 0) is 4.79 Å². The molecule has 0 aliphatic heterocycles. The van der Waals surface area contributed by atoms with Crippen LogP contribution in [0.15, 0.2) is 47.8 Å². The molecule has 0 aliphatic carbocycles. The number of benzene rings is 1. The molecule has 1 aromatic heterocycles. The van der Waals surface area contributed by atoms with Crippen LogP contribution < -0.4 is 5.32 Å². The summed E-state index contributed by atoms with van der Waals surface area (Å²) in [6, 6.07) is 5.65. The van der Waals surface area contributed by atoms with Crippen LogP contribution in [0, 0.1) is 6.92 Å². The maximum atomic E-state index is 12.2. The number of carbonyl (C=O) groups excluding carboxylic acids is 1. The molecule has 1 heterocycles. The SMILES string of the molecule is C=CCN(CC=C)C(=O)CSc1nnc(Nc2cccc(Cl)c2C)s1. The van der Waals surface area contributed by atoms with Crippen LogP contribution in [-0.4, -0.2) is 39.8 Å². The van der Waals surface area contributed by atoms with Gasteiger partial charge in [0.05, 0.1) is 5.75 Å². The number of thioether (sulfide) groups is 1. The molecule has 0 saturated heterocycles. The van der Waals surface area contributed by atoms with E-state index in [0.29, 0.717) is 29.0 Å². The smallest absolute Gasteiger partial charge is 0.233 e. The highest BCUT2D eigenvalue weighted by molar-refractivity contribution is 8.01. The number of carbonyl (C=O) groups is 1. The van der Waals surface area contributed by atoms with E-state index in [4.69, 9.17) is 11.6 Å². The van der Waals surface area contributed by atoms with E-state index in [1.165, 1.54) is 23.1 Å². The highest BCUT2D eigenvalue weighted by Gasteiger charge is 2.13. The fourth-order valence-electron chi connectivity index (χ4n) is 1.98. The molecule has 0 spiro atoms. The molecule has 1 amide bonds. The maximum absolute atomic E-state index is 12.2. The van der Waals surface area contributed by atoms with Crippen LogP contribution in [0.3, 0.4) is 0 Å². The molecule has 132 valence electrons.